The minimum absolute atomic E-state index is 0. The highest BCUT2D eigenvalue weighted by Gasteiger charge is 2.20. The summed E-state index contributed by atoms with van der Waals surface area (Å²) >= 11 is 0. The second-order valence-electron chi connectivity index (χ2n) is 5.88. The molecule has 1 aliphatic heterocycles. The summed E-state index contributed by atoms with van der Waals surface area (Å²) in [5.74, 6) is 2.84. The Kier molecular flexibility index (Phi) is 6.79. The largest absolute Gasteiger partial charge is 0.493 e. The number of ether oxygens (including phenoxy) is 1. The molecule has 0 atom stereocenters. The lowest BCUT2D eigenvalue weighted by Gasteiger charge is -2.11. The zero-order valence-corrected chi connectivity index (χ0v) is 15.6. The molecule has 4 nitrogen and oxygen atoms in total. The molecule has 1 heterocycles. The number of benzene rings is 1. The van der Waals surface area contributed by atoms with Gasteiger partial charge >= 0.3 is 0 Å². The smallest absolute Gasteiger partial charge is 0.191 e. The monoisotopic (exact) mass is 415 g/mol. The van der Waals surface area contributed by atoms with E-state index in [9.17, 15) is 0 Å². The van der Waals surface area contributed by atoms with Crippen molar-refractivity contribution in [3.8, 4) is 5.75 Å². The molecule has 2 N–H and O–H groups in total. The minimum Gasteiger partial charge on any atom is -0.493 e. The summed E-state index contributed by atoms with van der Waals surface area (Å²) in [7, 11) is 0. The van der Waals surface area contributed by atoms with Crippen molar-refractivity contribution in [1.82, 2.24) is 10.6 Å². The van der Waals surface area contributed by atoms with Crippen LogP contribution in [0.4, 0.5) is 0 Å². The first-order valence-corrected chi connectivity index (χ1v) is 8.12. The van der Waals surface area contributed by atoms with Gasteiger partial charge in [0.2, 0.25) is 0 Å². The van der Waals surface area contributed by atoms with E-state index in [-0.39, 0.29) is 24.0 Å². The minimum atomic E-state index is 0. The SMILES string of the molecule is CCNC(=NCC1CC1)NCCc1ccc2c(c1)CCO2.I. The van der Waals surface area contributed by atoms with E-state index >= 15 is 0 Å². The van der Waals surface area contributed by atoms with Gasteiger partial charge < -0.3 is 15.4 Å². The highest BCUT2D eigenvalue weighted by molar-refractivity contribution is 14.0. The van der Waals surface area contributed by atoms with Crippen molar-refractivity contribution in [3.63, 3.8) is 0 Å². The average Bonchev–Trinajstić information content (AvgIpc) is 3.20. The number of nitrogens with one attached hydrogen (secondary N) is 2. The first-order chi connectivity index (χ1) is 10.3. The number of nitrogens with zero attached hydrogens (tertiary/aromatic N) is 1. The number of rotatable bonds is 6. The molecule has 2 aliphatic rings. The van der Waals surface area contributed by atoms with Gasteiger partial charge in [0.15, 0.2) is 5.96 Å². The van der Waals surface area contributed by atoms with Gasteiger partial charge in [0.1, 0.15) is 5.75 Å². The molecular formula is C17H26IN3O. The lowest BCUT2D eigenvalue weighted by Crippen LogP contribution is -2.38. The number of aliphatic imine (C=N–C) groups is 1. The van der Waals surface area contributed by atoms with E-state index in [1.807, 2.05) is 0 Å². The second kappa shape index (κ2) is 8.60. The fourth-order valence-corrected chi connectivity index (χ4v) is 2.58. The van der Waals surface area contributed by atoms with E-state index in [4.69, 9.17) is 4.74 Å². The molecule has 0 unspecified atom stereocenters. The first kappa shape index (κ1) is 17.4. The second-order valence-corrected chi connectivity index (χ2v) is 5.88. The number of hydrogen-bond donors (Lipinski definition) is 2. The van der Waals surface area contributed by atoms with Crippen molar-refractivity contribution in [1.29, 1.82) is 0 Å². The van der Waals surface area contributed by atoms with Crippen LogP contribution < -0.4 is 15.4 Å². The molecular weight excluding hydrogens is 389 g/mol. The summed E-state index contributed by atoms with van der Waals surface area (Å²) < 4.78 is 5.54. The lowest BCUT2D eigenvalue weighted by atomic mass is 10.1. The lowest BCUT2D eigenvalue weighted by molar-refractivity contribution is 0.357. The van der Waals surface area contributed by atoms with Crippen LogP contribution >= 0.6 is 24.0 Å². The number of guanidine groups is 1. The van der Waals surface area contributed by atoms with Gasteiger partial charge in [-0.05, 0) is 49.3 Å². The van der Waals surface area contributed by atoms with Gasteiger partial charge in [-0.1, -0.05) is 12.1 Å². The zero-order valence-electron chi connectivity index (χ0n) is 13.2. The van der Waals surface area contributed by atoms with Gasteiger partial charge in [-0.3, -0.25) is 4.99 Å². The Balaban J connectivity index is 0.00000176. The highest BCUT2D eigenvalue weighted by atomic mass is 127. The molecule has 0 amide bonds. The molecule has 1 aliphatic carbocycles. The summed E-state index contributed by atoms with van der Waals surface area (Å²) in [6, 6.07) is 6.54. The van der Waals surface area contributed by atoms with Gasteiger partial charge in [0, 0.05) is 26.1 Å². The Morgan fingerprint density at radius 3 is 2.95 bits per heavy atom. The van der Waals surface area contributed by atoms with Crippen LogP contribution in [0.25, 0.3) is 0 Å². The maximum Gasteiger partial charge on any atom is 0.191 e. The van der Waals surface area contributed by atoms with Crippen LogP contribution in [-0.4, -0.2) is 32.2 Å². The van der Waals surface area contributed by atoms with Crippen LogP contribution in [-0.2, 0) is 12.8 Å². The quantitative estimate of drug-likeness (QED) is 0.427. The third-order valence-corrected chi connectivity index (χ3v) is 4.01. The van der Waals surface area contributed by atoms with Gasteiger partial charge in [-0.15, -0.1) is 24.0 Å². The van der Waals surface area contributed by atoms with Crippen molar-refractivity contribution in [2.45, 2.75) is 32.6 Å². The van der Waals surface area contributed by atoms with Crippen LogP contribution in [0.3, 0.4) is 0 Å². The van der Waals surface area contributed by atoms with Gasteiger partial charge in [-0.2, -0.15) is 0 Å². The molecule has 22 heavy (non-hydrogen) atoms. The molecule has 1 aromatic rings. The van der Waals surface area contributed by atoms with Crippen LogP contribution in [0.1, 0.15) is 30.9 Å². The third-order valence-electron chi connectivity index (χ3n) is 4.01. The van der Waals surface area contributed by atoms with Crippen molar-refractivity contribution in [3.05, 3.63) is 29.3 Å². The fraction of sp³-hybridized carbons (Fsp3) is 0.588. The van der Waals surface area contributed by atoms with Crippen molar-refractivity contribution in [2.24, 2.45) is 10.9 Å². The first-order valence-electron chi connectivity index (χ1n) is 8.12. The average molecular weight is 415 g/mol. The molecule has 1 fully saturated rings. The molecule has 0 radical (unpaired) electrons. The Bertz CT molecular complexity index is 515. The van der Waals surface area contributed by atoms with Gasteiger partial charge in [-0.25, -0.2) is 0 Å². The van der Waals surface area contributed by atoms with E-state index in [0.29, 0.717) is 0 Å². The maximum absolute atomic E-state index is 5.54. The Hall–Kier alpha value is -0.980. The van der Waals surface area contributed by atoms with E-state index in [1.165, 1.54) is 24.0 Å². The van der Waals surface area contributed by atoms with Crippen molar-refractivity contribution < 1.29 is 4.74 Å². The molecule has 0 saturated heterocycles. The van der Waals surface area contributed by atoms with E-state index in [1.54, 1.807) is 0 Å². The molecule has 0 spiro atoms. The molecule has 0 aromatic heterocycles. The summed E-state index contributed by atoms with van der Waals surface area (Å²) in [6.45, 7) is 5.72. The zero-order chi connectivity index (χ0) is 14.5. The molecule has 3 rings (SSSR count). The summed E-state index contributed by atoms with van der Waals surface area (Å²) in [4.78, 5) is 4.64. The van der Waals surface area contributed by atoms with E-state index in [0.717, 1.165) is 56.7 Å². The van der Waals surface area contributed by atoms with Gasteiger partial charge in [0.05, 0.1) is 6.61 Å². The normalized spacial score (nSPS) is 16.5. The Morgan fingerprint density at radius 2 is 2.18 bits per heavy atom. The van der Waals surface area contributed by atoms with Gasteiger partial charge in [0.25, 0.3) is 0 Å². The molecule has 1 saturated carbocycles. The summed E-state index contributed by atoms with van der Waals surface area (Å²) in [5, 5.41) is 6.74. The number of halogens is 1. The molecule has 5 heteroatoms. The van der Waals surface area contributed by atoms with E-state index in [2.05, 4.69) is 40.7 Å². The van der Waals surface area contributed by atoms with Crippen LogP contribution in [0.5, 0.6) is 5.75 Å². The predicted octanol–water partition coefficient (Wildman–Crippen LogP) is 2.75. The van der Waals surface area contributed by atoms with Crippen LogP contribution in [0.2, 0.25) is 0 Å². The van der Waals surface area contributed by atoms with Crippen molar-refractivity contribution in [2.75, 3.05) is 26.2 Å². The van der Waals surface area contributed by atoms with Crippen LogP contribution in [0.15, 0.2) is 23.2 Å². The molecule has 122 valence electrons. The fourth-order valence-electron chi connectivity index (χ4n) is 2.58. The number of fused-ring (bicyclic) bond motifs is 1. The molecule has 0 bridgehead atoms. The third kappa shape index (κ3) is 5.04. The molecule has 1 aromatic carbocycles. The maximum atomic E-state index is 5.54. The standard InChI is InChI=1S/C17H25N3O.HI/c1-2-18-17(20-12-14-3-4-14)19-9-7-13-5-6-16-15(11-13)8-10-21-16;/h5-6,11,14H,2-4,7-10,12H2,1H3,(H2,18,19,20);1H. The van der Waals surface area contributed by atoms with E-state index < -0.39 is 0 Å². The van der Waals surface area contributed by atoms with Crippen LogP contribution in [0, 0.1) is 5.92 Å². The predicted molar refractivity (Wildman–Crippen MR) is 101 cm³/mol. The van der Waals surface area contributed by atoms with Crippen molar-refractivity contribution >= 4 is 29.9 Å². The topological polar surface area (TPSA) is 45.7 Å². The summed E-state index contributed by atoms with van der Waals surface area (Å²) in [5.41, 5.74) is 2.71. The number of hydrogen-bond acceptors (Lipinski definition) is 2. The Morgan fingerprint density at radius 1 is 1.32 bits per heavy atom. The highest BCUT2D eigenvalue weighted by Crippen LogP contribution is 2.28. The Labute approximate surface area is 150 Å². The summed E-state index contributed by atoms with van der Waals surface area (Å²) in [6.07, 6.45) is 4.75.